The molecule has 2 saturated heterocycles. The van der Waals surface area contributed by atoms with E-state index in [4.69, 9.17) is 4.74 Å². The van der Waals surface area contributed by atoms with Gasteiger partial charge in [0, 0.05) is 24.7 Å². The summed E-state index contributed by atoms with van der Waals surface area (Å²) in [7, 11) is 1.64. The highest BCUT2D eigenvalue weighted by Gasteiger charge is 2.36. The zero-order valence-electron chi connectivity index (χ0n) is 14.1. The molecule has 0 spiro atoms. The summed E-state index contributed by atoms with van der Waals surface area (Å²) in [6.07, 6.45) is 3.54. The number of carbonyl (C=O) groups excluding carboxylic acids is 1. The minimum Gasteiger partial charge on any atom is -0.446 e. The fraction of sp³-hybridized carbons (Fsp3) is 0.421. The number of carbonyl (C=O) groups is 1. The molecule has 1 aromatic carbocycles. The molecule has 3 heterocycles. The van der Waals surface area contributed by atoms with Crippen LogP contribution in [0.25, 0.3) is 11.1 Å². The monoisotopic (exact) mass is 360 g/mol. The third-order valence-electron chi connectivity index (χ3n) is 5.13. The van der Waals surface area contributed by atoms with E-state index in [0.717, 1.165) is 31.2 Å². The number of fused-ring (bicyclic) bond motifs is 2. The normalized spacial score (nSPS) is 25.0. The largest absolute Gasteiger partial charge is 0.446 e. The van der Waals surface area contributed by atoms with E-state index in [1.165, 1.54) is 22.3 Å². The highest BCUT2D eigenvalue weighted by molar-refractivity contribution is 7.08. The summed E-state index contributed by atoms with van der Waals surface area (Å²) in [5, 5.41) is 7.31. The lowest BCUT2D eigenvalue weighted by Gasteiger charge is -2.30. The van der Waals surface area contributed by atoms with Crippen LogP contribution in [0.5, 0.6) is 0 Å². The Morgan fingerprint density at radius 2 is 2.04 bits per heavy atom. The molecule has 2 aliphatic rings. The molecule has 4 nitrogen and oxygen atoms in total. The van der Waals surface area contributed by atoms with Gasteiger partial charge in [0.15, 0.2) is 0 Å². The van der Waals surface area contributed by atoms with Gasteiger partial charge in [-0.25, -0.2) is 9.18 Å². The standard InChI is InChI=1S/C19H21FN2O2S/c1-22(19(23)24-15-9-13-5-6-14(10-15)21-13)17-4-2-3-16(20)18(17)12-7-8-25-11-12/h2-4,7-8,11,13-15,21H,5-6,9-10H2,1H3. The van der Waals surface area contributed by atoms with Crippen LogP contribution in [0.3, 0.4) is 0 Å². The fourth-order valence-electron chi connectivity index (χ4n) is 3.91. The van der Waals surface area contributed by atoms with Crippen LogP contribution in [0.2, 0.25) is 0 Å². The number of thiophene rings is 1. The van der Waals surface area contributed by atoms with Gasteiger partial charge in [0.1, 0.15) is 11.9 Å². The van der Waals surface area contributed by atoms with Crippen LogP contribution in [0.4, 0.5) is 14.9 Å². The Kier molecular flexibility index (Phi) is 4.48. The van der Waals surface area contributed by atoms with Gasteiger partial charge in [-0.3, -0.25) is 4.90 Å². The van der Waals surface area contributed by atoms with Crippen molar-refractivity contribution in [1.82, 2.24) is 5.32 Å². The molecule has 0 aliphatic carbocycles. The first kappa shape index (κ1) is 16.5. The third-order valence-corrected chi connectivity index (χ3v) is 5.82. The molecule has 2 fully saturated rings. The molecule has 2 aliphatic heterocycles. The van der Waals surface area contributed by atoms with Crippen molar-refractivity contribution >= 4 is 23.1 Å². The number of amides is 1. The Labute approximate surface area is 150 Å². The van der Waals surface area contributed by atoms with E-state index < -0.39 is 6.09 Å². The predicted molar refractivity (Wildman–Crippen MR) is 97.6 cm³/mol. The van der Waals surface area contributed by atoms with Crippen molar-refractivity contribution < 1.29 is 13.9 Å². The molecule has 2 unspecified atom stereocenters. The van der Waals surface area contributed by atoms with Crippen LogP contribution in [0.15, 0.2) is 35.0 Å². The molecule has 1 amide bonds. The second-order valence-corrected chi connectivity index (χ2v) is 7.60. The number of hydrogen-bond donors (Lipinski definition) is 1. The number of halogens is 1. The fourth-order valence-corrected chi connectivity index (χ4v) is 4.55. The molecular formula is C19H21FN2O2S. The number of rotatable bonds is 3. The average molecular weight is 360 g/mol. The topological polar surface area (TPSA) is 41.6 Å². The summed E-state index contributed by atoms with van der Waals surface area (Å²) >= 11 is 1.50. The van der Waals surface area contributed by atoms with E-state index in [1.54, 1.807) is 19.2 Å². The van der Waals surface area contributed by atoms with E-state index in [1.807, 2.05) is 16.8 Å². The second kappa shape index (κ2) is 6.77. The zero-order chi connectivity index (χ0) is 17.4. The second-order valence-electron chi connectivity index (χ2n) is 6.82. The third kappa shape index (κ3) is 3.28. The Morgan fingerprint density at radius 1 is 1.28 bits per heavy atom. The number of ether oxygens (including phenoxy) is 1. The summed E-state index contributed by atoms with van der Waals surface area (Å²) in [4.78, 5) is 14.1. The predicted octanol–water partition coefficient (Wildman–Crippen LogP) is 4.41. The average Bonchev–Trinajstić information content (AvgIpc) is 3.23. The van der Waals surface area contributed by atoms with Crippen molar-refractivity contribution in [3.63, 3.8) is 0 Å². The maximum absolute atomic E-state index is 14.4. The van der Waals surface area contributed by atoms with Gasteiger partial charge in [0.2, 0.25) is 0 Å². The van der Waals surface area contributed by atoms with E-state index in [-0.39, 0.29) is 11.9 Å². The van der Waals surface area contributed by atoms with Crippen molar-refractivity contribution in [2.24, 2.45) is 0 Å². The molecule has 2 bridgehead atoms. The highest BCUT2D eigenvalue weighted by Crippen LogP contribution is 2.35. The lowest BCUT2D eigenvalue weighted by atomic mass is 10.0. The van der Waals surface area contributed by atoms with Crippen molar-refractivity contribution in [3.8, 4) is 11.1 Å². The molecule has 1 N–H and O–H groups in total. The van der Waals surface area contributed by atoms with E-state index in [2.05, 4.69) is 5.32 Å². The quantitative estimate of drug-likeness (QED) is 0.881. The van der Waals surface area contributed by atoms with Gasteiger partial charge in [-0.1, -0.05) is 6.07 Å². The first-order chi connectivity index (χ1) is 12.1. The molecule has 2 aromatic rings. The highest BCUT2D eigenvalue weighted by atomic mass is 32.1. The molecule has 25 heavy (non-hydrogen) atoms. The number of anilines is 1. The summed E-state index contributed by atoms with van der Waals surface area (Å²) in [6, 6.07) is 7.56. The summed E-state index contributed by atoms with van der Waals surface area (Å²) in [5.74, 6) is -0.338. The summed E-state index contributed by atoms with van der Waals surface area (Å²) in [6.45, 7) is 0. The summed E-state index contributed by atoms with van der Waals surface area (Å²) < 4.78 is 20.2. The molecule has 4 rings (SSSR count). The smallest absolute Gasteiger partial charge is 0.414 e. The maximum atomic E-state index is 14.4. The molecule has 6 heteroatoms. The van der Waals surface area contributed by atoms with E-state index in [0.29, 0.717) is 23.3 Å². The van der Waals surface area contributed by atoms with Gasteiger partial charge in [0.25, 0.3) is 0 Å². The molecule has 1 aromatic heterocycles. The molecule has 2 atom stereocenters. The van der Waals surface area contributed by atoms with Gasteiger partial charge in [0.05, 0.1) is 5.69 Å². The number of piperidine rings is 1. The number of nitrogens with zero attached hydrogens (tertiary/aromatic N) is 1. The Hall–Kier alpha value is -1.92. The van der Waals surface area contributed by atoms with Crippen LogP contribution in [0, 0.1) is 5.82 Å². The molecule has 0 radical (unpaired) electrons. The SMILES string of the molecule is CN(C(=O)OC1CC2CCC(C1)N2)c1cccc(F)c1-c1ccsc1. The minimum atomic E-state index is -0.423. The lowest BCUT2D eigenvalue weighted by molar-refractivity contribution is 0.0730. The molecular weight excluding hydrogens is 339 g/mol. The van der Waals surface area contributed by atoms with Gasteiger partial charge in [-0.15, -0.1) is 0 Å². The van der Waals surface area contributed by atoms with Crippen LogP contribution in [-0.4, -0.2) is 31.3 Å². The van der Waals surface area contributed by atoms with Gasteiger partial charge in [-0.2, -0.15) is 11.3 Å². The van der Waals surface area contributed by atoms with Gasteiger partial charge >= 0.3 is 6.09 Å². The van der Waals surface area contributed by atoms with Crippen LogP contribution in [0.1, 0.15) is 25.7 Å². The van der Waals surface area contributed by atoms with Crippen molar-refractivity contribution in [2.75, 3.05) is 11.9 Å². The van der Waals surface area contributed by atoms with Crippen LogP contribution in [-0.2, 0) is 4.74 Å². The van der Waals surface area contributed by atoms with E-state index >= 15 is 0 Å². The summed E-state index contributed by atoms with van der Waals surface area (Å²) in [5.41, 5.74) is 1.74. The van der Waals surface area contributed by atoms with Crippen LogP contribution < -0.4 is 10.2 Å². The Morgan fingerprint density at radius 3 is 2.72 bits per heavy atom. The molecule has 132 valence electrons. The first-order valence-electron chi connectivity index (χ1n) is 8.63. The Bertz CT molecular complexity index is 753. The molecule has 0 saturated carbocycles. The number of benzene rings is 1. The van der Waals surface area contributed by atoms with Gasteiger partial charge < -0.3 is 10.1 Å². The van der Waals surface area contributed by atoms with Crippen molar-refractivity contribution in [3.05, 3.63) is 40.8 Å². The van der Waals surface area contributed by atoms with E-state index in [9.17, 15) is 9.18 Å². The lowest BCUT2D eigenvalue weighted by Crippen LogP contribution is -2.43. The Balaban J connectivity index is 1.54. The maximum Gasteiger partial charge on any atom is 0.414 e. The first-order valence-corrected chi connectivity index (χ1v) is 9.57. The van der Waals surface area contributed by atoms with Gasteiger partial charge in [-0.05, 0) is 60.2 Å². The number of nitrogens with one attached hydrogen (secondary N) is 1. The zero-order valence-corrected chi connectivity index (χ0v) is 14.9. The van der Waals surface area contributed by atoms with Crippen molar-refractivity contribution in [1.29, 1.82) is 0 Å². The van der Waals surface area contributed by atoms with Crippen molar-refractivity contribution in [2.45, 2.75) is 43.9 Å². The van der Waals surface area contributed by atoms with Crippen LogP contribution >= 0.6 is 11.3 Å². The minimum absolute atomic E-state index is 0.0631. The number of hydrogen-bond acceptors (Lipinski definition) is 4.